The molecule has 11 aromatic rings. The predicted octanol–water partition coefficient (Wildman–Crippen LogP) is 15.9. The standard InChI is InChI=1S/C58H56N6/c1-5-9-17-37(7-3)35-63-51-23-15-11-19-43(51)45-27-25-39(31-53(45)63)41-29-47-55(59-33-41)56-48(58-57(47)61-49-21-13-14-22-50(49)62-58)30-42(34-60-56)40-26-28-46-44-20-12-16-24-52(44)64(54(46)32-40)36-38(8-4)18-10-6-2/h11-16,19-34,37-38H,5-10,17-18,35-36H2,1-4H3. The average molecular weight is 837 g/mol. The quantitative estimate of drug-likeness (QED) is 0.0808. The molecule has 0 saturated heterocycles. The van der Waals surface area contributed by atoms with Crippen LogP contribution < -0.4 is 0 Å². The van der Waals surface area contributed by atoms with Gasteiger partial charge in [-0.25, -0.2) is 9.97 Å². The molecule has 0 saturated carbocycles. The van der Waals surface area contributed by atoms with Crippen LogP contribution in [0.15, 0.2) is 134 Å². The fourth-order valence-electron chi connectivity index (χ4n) is 10.6. The molecular weight excluding hydrogens is 781 g/mol. The molecule has 64 heavy (non-hydrogen) atoms. The lowest BCUT2D eigenvalue weighted by Crippen LogP contribution is -2.10. The number of aromatic nitrogens is 6. The Hall–Kier alpha value is -6.66. The minimum absolute atomic E-state index is 0.634. The summed E-state index contributed by atoms with van der Waals surface area (Å²) in [5.41, 5.74) is 14.7. The van der Waals surface area contributed by atoms with Gasteiger partial charge in [0.1, 0.15) is 0 Å². The third-order valence-corrected chi connectivity index (χ3v) is 14.3. The molecular formula is C58H56N6. The molecule has 6 aromatic carbocycles. The molecule has 0 aliphatic heterocycles. The monoisotopic (exact) mass is 836 g/mol. The summed E-state index contributed by atoms with van der Waals surface area (Å²) in [5.74, 6) is 1.27. The van der Waals surface area contributed by atoms with Gasteiger partial charge in [-0.3, -0.25) is 9.97 Å². The number of fused-ring (bicyclic) bond motifs is 13. The molecule has 2 unspecified atom stereocenters. The summed E-state index contributed by atoms with van der Waals surface area (Å²) >= 11 is 0. The van der Waals surface area contributed by atoms with Crippen molar-refractivity contribution in [2.75, 3.05) is 0 Å². The Balaban J connectivity index is 1.07. The number of rotatable bonds is 14. The third-order valence-electron chi connectivity index (χ3n) is 14.3. The molecule has 0 amide bonds. The summed E-state index contributed by atoms with van der Waals surface area (Å²) in [6.45, 7) is 11.3. The van der Waals surface area contributed by atoms with Crippen molar-refractivity contribution in [1.29, 1.82) is 0 Å². The van der Waals surface area contributed by atoms with E-state index in [0.717, 1.165) is 79.2 Å². The molecule has 0 aliphatic rings. The van der Waals surface area contributed by atoms with Crippen molar-refractivity contribution >= 4 is 87.5 Å². The normalized spacial score (nSPS) is 13.2. The van der Waals surface area contributed by atoms with E-state index in [-0.39, 0.29) is 0 Å². The van der Waals surface area contributed by atoms with Crippen molar-refractivity contribution in [3.63, 3.8) is 0 Å². The number of pyridine rings is 2. The molecule has 0 radical (unpaired) electrons. The van der Waals surface area contributed by atoms with Gasteiger partial charge in [0, 0.05) is 91.0 Å². The maximum absolute atomic E-state index is 5.35. The van der Waals surface area contributed by atoms with Gasteiger partial charge in [-0.1, -0.05) is 139 Å². The average Bonchev–Trinajstić information content (AvgIpc) is 3.83. The summed E-state index contributed by atoms with van der Waals surface area (Å²) in [6.07, 6.45) is 13.9. The van der Waals surface area contributed by atoms with Crippen LogP contribution in [0.25, 0.3) is 110 Å². The topological polar surface area (TPSA) is 61.4 Å². The Morgan fingerprint density at radius 2 is 0.828 bits per heavy atom. The van der Waals surface area contributed by atoms with Crippen LogP contribution in [-0.2, 0) is 13.1 Å². The molecule has 0 N–H and O–H groups in total. The summed E-state index contributed by atoms with van der Waals surface area (Å²) in [7, 11) is 0. The SMILES string of the molecule is CCCCC(CC)Cn1c2ccccc2c2ccc(-c3cnc4c(c3)c3nc5ccccc5nc3c3cc(-c5ccc6c7ccccc7n(CC(CC)CCCC)c6c5)cnc34)cc21. The first kappa shape index (κ1) is 40.1. The maximum Gasteiger partial charge on any atom is 0.0996 e. The van der Waals surface area contributed by atoms with Gasteiger partial charge < -0.3 is 9.13 Å². The molecule has 0 spiro atoms. The molecule has 0 fully saturated rings. The largest absolute Gasteiger partial charge is 0.340 e. The van der Waals surface area contributed by atoms with Crippen molar-refractivity contribution in [3.8, 4) is 22.3 Å². The van der Waals surface area contributed by atoms with Gasteiger partial charge in [-0.2, -0.15) is 0 Å². The Bertz CT molecular complexity index is 3310. The van der Waals surface area contributed by atoms with Crippen molar-refractivity contribution in [3.05, 3.63) is 134 Å². The first-order valence-electron chi connectivity index (χ1n) is 23.9. The molecule has 318 valence electrons. The maximum atomic E-state index is 5.35. The van der Waals surface area contributed by atoms with E-state index >= 15 is 0 Å². The molecule has 6 nitrogen and oxygen atoms in total. The van der Waals surface area contributed by atoms with E-state index in [1.54, 1.807) is 0 Å². The highest BCUT2D eigenvalue weighted by Gasteiger charge is 2.20. The molecule has 0 aliphatic carbocycles. The fourth-order valence-corrected chi connectivity index (χ4v) is 10.6. The fraction of sp³-hybridized carbons (Fsp3) is 0.276. The molecule has 6 heteroatoms. The van der Waals surface area contributed by atoms with E-state index in [9.17, 15) is 0 Å². The van der Waals surface area contributed by atoms with Crippen molar-refractivity contribution in [2.45, 2.75) is 92.2 Å². The molecule has 11 rings (SSSR count). The number of para-hydroxylation sites is 4. The Morgan fingerprint density at radius 1 is 0.406 bits per heavy atom. The van der Waals surface area contributed by atoms with Gasteiger partial charge in [-0.05, 0) is 84.3 Å². The first-order valence-corrected chi connectivity index (χ1v) is 23.9. The van der Waals surface area contributed by atoms with Crippen LogP contribution in [0.3, 0.4) is 0 Å². The molecule has 5 heterocycles. The lowest BCUT2D eigenvalue weighted by Gasteiger charge is -2.18. The summed E-state index contributed by atoms with van der Waals surface area (Å²) in [5, 5.41) is 7.14. The summed E-state index contributed by atoms with van der Waals surface area (Å²) < 4.78 is 5.14. The molecule has 2 atom stereocenters. The molecule has 0 bridgehead atoms. The van der Waals surface area contributed by atoms with E-state index in [0.29, 0.717) is 11.8 Å². The Morgan fingerprint density at radius 3 is 1.27 bits per heavy atom. The number of hydrogen-bond acceptors (Lipinski definition) is 4. The zero-order chi connectivity index (χ0) is 43.3. The van der Waals surface area contributed by atoms with Gasteiger partial charge in [0.05, 0.1) is 33.1 Å². The number of nitrogens with zero attached hydrogens (tertiary/aromatic N) is 6. The van der Waals surface area contributed by atoms with Crippen LogP contribution in [0.1, 0.15) is 79.1 Å². The van der Waals surface area contributed by atoms with Crippen LogP contribution in [-0.4, -0.2) is 29.1 Å². The second kappa shape index (κ2) is 16.8. The summed E-state index contributed by atoms with van der Waals surface area (Å²) in [4.78, 5) is 21.2. The van der Waals surface area contributed by atoms with Crippen molar-refractivity contribution < 1.29 is 0 Å². The number of unbranched alkanes of at least 4 members (excludes halogenated alkanes) is 2. The van der Waals surface area contributed by atoms with Crippen LogP contribution in [0.5, 0.6) is 0 Å². The van der Waals surface area contributed by atoms with Gasteiger partial charge in [0.2, 0.25) is 0 Å². The number of benzene rings is 6. The van der Waals surface area contributed by atoms with Crippen molar-refractivity contribution in [1.82, 2.24) is 29.1 Å². The lowest BCUT2D eigenvalue weighted by molar-refractivity contribution is 0.401. The van der Waals surface area contributed by atoms with E-state index in [4.69, 9.17) is 19.9 Å². The van der Waals surface area contributed by atoms with Gasteiger partial charge in [0.15, 0.2) is 0 Å². The van der Waals surface area contributed by atoms with Gasteiger partial charge in [0.25, 0.3) is 0 Å². The second-order valence-corrected chi connectivity index (χ2v) is 18.2. The van der Waals surface area contributed by atoms with Crippen LogP contribution in [0.2, 0.25) is 0 Å². The van der Waals surface area contributed by atoms with Gasteiger partial charge in [-0.15, -0.1) is 0 Å². The Kier molecular flexibility index (Phi) is 10.5. The Labute approximate surface area is 375 Å². The minimum Gasteiger partial charge on any atom is -0.340 e. The van der Waals surface area contributed by atoms with Crippen LogP contribution in [0, 0.1) is 11.8 Å². The van der Waals surface area contributed by atoms with E-state index in [1.165, 1.54) is 95.0 Å². The minimum atomic E-state index is 0.634. The zero-order valence-corrected chi connectivity index (χ0v) is 37.6. The predicted molar refractivity (Wildman–Crippen MR) is 271 cm³/mol. The van der Waals surface area contributed by atoms with E-state index in [1.807, 2.05) is 24.5 Å². The van der Waals surface area contributed by atoms with Gasteiger partial charge >= 0.3 is 0 Å². The highest BCUT2D eigenvalue weighted by atomic mass is 15.0. The zero-order valence-electron chi connectivity index (χ0n) is 37.6. The number of hydrogen-bond donors (Lipinski definition) is 0. The highest BCUT2D eigenvalue weighted by molar-refractivity contribution is 6.22. The van der Waals surface area contributed by atoms with E-state index in [2.05, 4.69) is 146 Å². The summed E-state index contributed by atoms with van der Waals surface area (Å²) in [6, 6.07) is 44.4. The second-order valence-electron chi connectivity index (χ2n) is 18.2. The van der Waals surface area contributed by atoms with E-state index < -0.39 is 0 Å². The molecule has 5 aromatic heterocycles. The van der Waals surface area contributed by atoms with Crippen LogP contribution in [0.4, 0.5) is 0 Å². The smallest absolute Gasteiger partial charge is 0.0996 e. The first-order chi connectivity index (χ1) is 31.5. The van der Waals surface area contributed by atoms with Crippen LogP contribution >= 0.6 is 0 Å². The highest BCUT2D eigenvalue weighted by Crippen LogP contribution is 2.40. The third kappa shape index (κ3) is 6.86. The lowest BCUT2D eigenvalue weighted by atomic mass is 9.98. The van der Waals surface area contributed by atoms with Crippen molar-refractivity contribution in [2.24, 2.45) is 11.8 Å².